The first-order valence-corrected chi connectivity index (χ1v) is 13.8. The standard InChI is InChI=1S/C30H37N3O6/c1-5-20(16-34)33-26(28(36)32-25-17(3)8-7-9-18(25)4)30-15-14-22(39-30)23(24(30)29(33)37)27(35)31-19-10-12-21(13-11-19)38-6-2/h7-13,20,22-24,26,34H,5-6,14-16H2,1-4H3,(H,31,35)(H,32,36)/t20-,22+,23-,24-,26?,30?/m0/s1. The molecule has 3 fully saturated rings. The number of nitrogens with one attached hydrogen (secondary N) is 2. The molecule has 0 saturated carbocycles. The van der Waals surface area contributed by atoms with Crippen molar-refractivity contribution in [3.63, 3.8) is 0 Å². The Bertz CT molecular complexity index is 1240. The third-order valence-corrected chi connectivity index (χ3v) is 8.53. The highest BCUT2D eigenvalue weighted by atomic mass is 16.5. The molecule has 3 amide bonds. The summed E-state index contributed by atoms with van der Waals surface area (Å²) < 4.78 is 12.0. The number of para-hydroxylation sites is 1. The van der Waals surface area contributed by atoms with Crippen molar-refractivity contribution in [2.24, 2.45) is 11.8 Å². The first-order valence-electron chi connectivity index (χ1n) is 13.8. The highest BCUT2D eigenvalue weighted by Crippen LogP contribution is 2.59. The van der Waals surface area contributed by atoms with E-state index in [1.54, 1.807) is 24.3 Å². The first-order chi connectivity index (χ1) is 18.7. The van der Waals surface area contributed by atoms with Crippen LogP contribution in [-0.2, 0) is 19.1 Å². The summed E-state index contributed by atoms with van der Waals surface area (Å²) in [6, 6.07) is 11.3. The van der Waals surface area contributed by atoms with Crippen LogP contribution in [0.3, 0.4) is 0 Å². The number of fused-ring (bicyclic) bond motifs is 1. The van der Waals surface area contributed by atoms with E-state index in [-0.39, 0.29) is 24.3 Å². The molecule has 2 aromatic rings. The zero-order valence-electron chi connectivity index (χ0n) is 22.9. The highest BCUT2D eigenvalue weighted by Gasteiger charge is 2.75. The topological polar surface area (TPSA) is 117 Å². The number of carbonyl (C=O) groups excluding carboxylic acids is 3. The minimum absolute atomic E-state index is 0.287. The molecule has 208 valence electrons. The number of aliphatic hydroxyl groups is 1. The smallest absolute Gasteiger partial charge is 0.250 e. The molecule has 3 N–H and O–H groups in total. The van der Waals surface area contributed by atoms with E-state index >= 15 is 0 Å². The minimum Gasteiger partial charge on any atom is -0.494 e. The Hall–Kier alpha value is -3.43. The van der Waals surface area contributed by atoms with Crippen LogP contribution in [0.15, 0.2) is 42.5 Å². The Balaban J connectivity index is 1.47. The van der Waals surface area contributed by atoms with Crippen LogP contribution >= 0.6 is 0 Å². The van der Waals surface area contributed by atoms with Gasteiger partial charge in [-0.2, -0.15) is 0 Å². The van der Waals surface area contributed by atoms with Gasteiger partial charge >= 0.3 is 0 Å². The van der Waals surface area contributed by atoms with E-state index in [2.05, 4.69) is 10.6 Å². The van der Waals surface area contributed by atoms with Crippen LogP contribution in [0.4, 0.5) is 11.4 Å². The predicted octanol–water partition coefficient (Wildman–Crippen LogP) is 3.42. The summed E-state index contributed by atoms with van der Waals surface area (Å²) in [5.41, 5.74) is 1.97. The number of anilines is 2. The van der Waals surface area contributed by atoms with Crippen molar-refractivity contribution in [2.45, 2.75) is 70.7 Å². The van der Waals surface area contributed by atoms with Gasteiger partial charge in [-0.05, 0) is 75.4 Å². The van der Waals surface area contributed by atoms with E-state index in [0.29, 0.717) is 43.0 Å². The Labute approximate surface area is 228 Å². The van der Waals surface area contributed by atoms with Crippen LogP contribution in [0, 0.1) is 25.7 Å². The number of benzene rings is 2. The highest BCUT2D eigenvalue weighted by molar-refractivity contribution is 6.05. The number of hydrogen-bond donors (Lipinski definition) is 3. The average Bonchev–Trinajstić information content (AvgIpc) is 3.56. The summed E-state index contributed by atoms with van der Waals surface area (Å²) in [6.45, 7) is 7.86. The molecule has 3 aliphatic heterocycles. The molecule has 3 heterocycles. The molecule has 3 saturated heterocycles. The maximum absolute atomic E-state index is 14.1. The lowest BCUT2D eigenvalue weighted by molar-refractivity contribution is -0.143. The van der Waals surface area contributed by atoms with Gasteiger partial charge in [-0.15, -0.1) is 0 Å². The summed E-state index contributed by atoms with van der Waals surface area (Å²) in [5, 5.41) is 16.2. The molecule has 0 aliphatic carbocycles. The van der Waals surface area contributed by atoms with Gasteiger partial charge < -0.3 is 30.1 Å². The van der Waals surface area contributed by atoms with Crippen LogP contribution in [0.2, 0.25) is 0 Å². The Morgan fingerprint density at radius 2 is 1.79 bits per heavy atom. The molecule has 9 heteroatoms. The number of nitrogens with zero attached hydrogens (tertiary/aromatic N) is 1. The molecular weight excluding hydrogens is 498 g/mol. The summed E-state index contributed by atoms with van der Waals surface area (Å²) in [4.78, 5) is 43.2. The van der Waals surface area contributed by atoms with Gasteiger partial charge in [-0.3, -0.25) is 14.4 Å². The van der Waals surface area contributed by atoms with Crippen LogP contribution < -0.4 is 15.4 Å². The molecule has 3 aliphatic rings. The minimum atomic E-state index is -1.13. The Morgan fingerprint density at radius 1 is 1.10 bits per heavy atom. The van der Waals surface area contributed by atoms with E-state index in [4.69, 9.17) is 9.47 Å². The quantitative estimate of drug-likeness (QED) is 0.453. The van der Waals surface area contributed by atoms with Crippen molar-refractivity contribution < 1.29 is 29.0 Å². The van der Waals surface area contributed by atoms with Gasteiger partial charge in [0.05, 0.1) is 37.2 Å². The second kappa shape index (κ2) is 10.6. The van der Waals surface area contributed by atoms with Crippen molar-refractivity contribution in [2.75, 3.05) is 23.8 Å². The Morgan fingerprint density at radius 3 is 2.41 bits per heavy atom. The molecule has 0 aromatic heterocycles. The Kier molecular flexibility index (Phi) is 7.39. The normalized spacial score (nSPS) is 27.8. The zero-order chi connectivity index (χ0) is 27.9. The average molecular weight is 536 g/mol. The third-order valence-electron chi connectivity index (χ3n) is 8.53. The lowest BCUT2D eigenvalue weighted by atomic mass is 9.70. The van der Waals surface area contributed by atoms with E-state index in [0.717, 1.165) is 11.1 Å². The molecule has 2 aromatic carbocycles. The fraction of sp³-hybridized carbons (Fsp3) is 0.500. The van der Waals surface area contributed by atoms with E-state index < -0.39 is 35.6 Å². The van der Waals surface area contributed by atoms with E-state index in [9.17, 15) is 19.5 Å². The van der Waals surface area contributed by atoms with Gasteiger partial charge in [0.1, 0.15) is 17.4 Å². The maximum Gasteiger partial charge on any atom is 0.250 e. The number of ether oxygens (including phenoxy) is 2. The zero-order valence-corrected chi connectivity index (χ0v) is 22.9. The number of hydrogen-bond acceptors (Lipinski definition) is 6. The summed E-state index contributed by atoms with van der Waals surface area (Å²) in [6.07, 6.45) is 1.06. The number of amides is 3. The monoisotopic (exact) mass is 535 g/mol. The molecule has 2 bridgehead atoms. The van der Waals surface area contributed by atoms with Crippen LogP contribution in [0.25, 0.3) is 0 Å². The SMILES string of the molecule is CCOc1ccc(NC(=O)[C@@H]2[C@H]3C(=O)N([C@@H](CC)CO)C(C(=O)Nc4c(C)cccc4C)C34CC[C@H]2O4)cc1. The van der Waals surface area contributed by atoms with Crippen molar-refractivity contribution in [1.82, 2.24) is 4.90 Å². The molecule has 1 spiro atoms. The van der Waals surface area contributed by atoms with Crippen LogP contribution in [0.5, 0.6) is 5.75 Å². The first kappa shape index (κ1) is 27.1. The molecule has 6 atom stereocenters. The van der Waals surface area contributed by atoms with E-state index in [1.165, 1.54) is 4.90 Å². The number of carbonyl (C=O) groups is 3. The second-order valence-electron chi connectivity index (χ2n) is 10.7. The fourth-order valence-electron chi connectivity index (χ4n) is 6.73. The summed E-state index contributed by atoms with van der Waals surface area (Å²) in [5.74, 6) is -1.83. The van der Waals surface area contributed by atoms with Crippen molar-refractivity contribution in [1.29, 1.82) is 0 Å². The van der Waals surface area contributed by atoms with Gasteiger partial charge in [0.2, 0.25) is 17.7 Å². The predicted molar refractivity (Wildman–Crippen MR) is 146 cm³/mol. The molecule has 0 radical (unpaired) electrons. The summed E-state index contributed by atoms with van der Waals surface area (Å²) >= 11 is 0. The molecular formula is C30H37N3O6. The van der Waals surface area contributed by atoms with Crippen molar-refractivity contribution >= 4 is 29.1 Å². The van der Waals surface area contributed by atoms with Crippen molar-refractivity contribution in [3.8, 4) is 5.75 Å². The largest absolute Gasteiger partial charge is 0.494 e. The molecule has 9 nitrogen and oxygen atoms in total. The van der Waals surface area contributed by atoms with Crippen LogP contribution in [-0.4, -0.2) is 64.7 Å². The number of rotatable bonds is 9. The van der Waals surface area contributed by atoms with E-state index in [1.807, 2.05) is 45.9 Å². The van der Waals surface area contributed by atoms with Crippen LogP contribution in [0.1, 0.15) is 44.2 Å². The number of likely N-dealkylation sites (tertiary alicyclic amines) is 1. The number of aryl methyl sites for hydroxylation is 2. The van der Waals surface area contributed by atoms with Gasteiger partial charge in [0.25, 0.3) is 0 Å². The molecule has 2 unspecified atom stereocenters. The number of aliphatic hydroxyl groups excluding tert-OH is 1. The molecule has 39 heavy (non-hydrogen) atoms. The fourth-order valence-corrected chi connectivity index (χ4v) is 6.73. The van der Waals surface area contributed by atoms with Crippen molar-refractivity contribution in [3.05, 3.63) is 53.6 Å². The molecule has 5 rings (SSSR count). The lowest BCUT2D eigenvalue weighted by Gasteiger charge is -2.36. The van der Waals surface area contributed by atoms with Gasteiger partial charge in [-0.1, -0.05) is 25.1 Å². The van der Waals surface area contributed by atoms with Gasteiger partial charge in [-0.25, -0.2) is 0 Å². The third kappa shape index (κ3) is 4.47. The second-order valence-corrected chi connectivity index (χ2v) is 10.7. The van der Waals surface area contributed by atoms with Gasteiger partial charge in [0.15, 0.2) is 0 Å². The summed E-state index contributed by atoms with van der Waals surface area (Å²) in [7, 11) is 0. The lowest BCUT2D eigenvalue weighted by Crippen LogP contribution is -2.56. The maximum atomic E-state index is 14.1. The van der Waals surface area contributed by atoms with Gasteiger partial charge in [0, 0.05) is 11.4 Å².